The summed E-state index contributed by atoms with van der Waals surface area (Å²) >= 11 is 0. The van der Waals surface area contributed by atoms with Gasteiger partial charge in [0, 0.05) is 27.2 Å². The van der Waals surface area contributed by atoms with E-state index in [0.29, 0.717) is 0 Å². The summed E-state index contributed by atoms with van der Waals surface area (Å²) in [6.07, 6.45) is -0.772. The van der Waals surface area contributed by atoms with E-state index in [1.54, 1.807) is 0 Å². The molecule has 6 rings (SSSR count). The van der Waals surface area contributed by atoms with Crippen LogP contribution >= 0.6 is 0 Å². The summed E-state index contributed by atoms with van der Waals surface area (Å²) < 4.78 is 4.12. The van der Waals surface area contributed by atoms with Gasteiger partial charge in [0.05, 0.1) is 34.1 Å². The Kier molecular flexibility index (Phi) is 5.06. The van der Waals surface area contributed by atoms with Crippen LogP contribution < -0.4 is 0 Å². The molecule has 0 aliphatic heterocycles. The molecule has 2 aromatic heterocycles. The Morgan fingerprint density at radius 1 is 0.722 bits per heavy atom. The van der Waals surface area contributed by atoms with Crippen LogP contribution in [0.2, 0.25) is 0 Å². The zero-order chi connectivity index (χ0) is 25.2. The van der Waals surface area contributed by atoms with Crippen LogP contribution in [-0.4, -0.2) is 26.3 Å². The summed E-state index contributed by atoms with van der Waals surface area (Å²) in [4.78, 5) is 14.2. The van der Waals surface area contributed by atoms with Crippen molar-refractivity contribution >= 4 is 49.5 Å². The molecular formula is C32H30N2O2. The summed E-state index contributed by atoms with van der Waals surface area (Å²) in [6, 6.07) is 31.1. The van der Waals surface area contributed by atoms with E-state index in [-0.39, 0.29) is 5.91 Å². The van der Waals surface area contributed by atoms with Crippen molar-refractivity contribution in [1.82, 2.24) is 9.13 Å². The number of hydrogen-bond acceptors (Lipinski definition) is 2. The molecule has 0 aliphatic carbocycles. The summed E-state index contributed by atoms with van der Waals surface area (Å²) in [5, 5.41) is 15.3. The number of aromatic nitrogens is 2. The normalized spacial score (nSPS) is 14.1. The molecule has 36 heavy (non-hydrogen) atoms. The van der Waals surface area contributed by atoms with Crippen LogP contribution in [0.5, 0.6) is 0 Å². The Balaban J connectivity index is 1.77. The number of fused-ring (bicyclic) bond motifs is 7. The highest BCUT2D eigenvalue weighted by molar-refractivity contribution is 6.27. The fourth-order valence-corrected chi connectivity index (χ4v) is 5.68. The van der Waals surface area contributed by atoms with Crippen LogP contribution in [0.3, 0.4) is 0 Å². The summed E-state index contributed by atoms with van der Waals surface area (Å²) in [7, 11) is 0. The summed E-state index contributed by atoms with van der Waals surface area (Å²) in [5.41, 5.74) is 4.58. The van der Waals surface area contributed by atoms with Gasteiger partial charge in [0.2, 0.25) is 5.91 Å². The Morgan fingerprint density at radius 3 is 2.03 bits per heavy atom. The minimum Gasteiger partial charge on any atom is -0.392 e. The van der Waals surface area contributed by atoms with Gasteiger partial charge in [0.1, 0.15) is 0 Å². The van der Waals surface area contributed by atoms with E-state index in [4.69, 9.17) is 0 Å². The van der Waals surface area contributed by atoms with Crippen molar-refractivity contribution in [2.24, 2.45) is 11.3 Å². The highest BCUT2D eigenvalue weighted by Gasteiger charge is 2.34. The first-order valence-electron chi connectivity index (χ1n) is 12.5. The van der Waals surface area contributed by atoms with Crippen LogP contribution in [0, 0.1) is 11.3 Å². The van der Waals surface area contributed by atoms with Crippen molar-refractivity contribution in [3.05, 3.63) is 91.0 Å². The van der Waals surface area contributed by atoms with Crippen LogP contribution in [-0.2, 0) is 0 Å². The second-order valence-corrected chi connectivity index (χ2v) is 10.8. The smallest absolute Gasteiger partial charge is 0.237 e. The molecule has 0 saturated carbocycles. The van der Waals surface area contributed by atoms with Crippen LogP contribution in [0.4, 0.5) is 0 Å². The van der Waals surface area contributed by atoms with Crippen molar-refractivity contribution < 1.29 is 9.90 Å². The van der Waals surface area contributed by atoms with Gasteiger partial charge in [0.25, 0.3) is 0 Å². The Hall–Kier alpha value is -3.89. The van der Waals surface area contributed by atoms with Crippen molar-refractivity contribution in [3.63, 3.8) is 0 Å². The van der Waals surface area contributed by atoms with Gasteiger partial charge >= 0.3 is 0 Å². The number of aliphatic hydroxyl groups excluding tert-OH is 1. The van der Waals surface area contributed by atoms with Crippen molar-refractivity contribution in [3.8, 4) is 5.69 Å². The fraction of sp³-hybridized carbons (Fsp3) is 0.219. The maximum atomic E-state index is 14.2. The third-order valence-electron chi connectivity index (χ3n) is 7.46. The Morgan fingerprint density at radius 2 is 1.33 bits per heavy atom. The van der Waals surface area contributed by atoms with Crippen molar-refractivity contribution in [2.75, 3.05) is 0 Å². The van der Waals surface area contributed by atoms with Crippen LogP contribution in [0.25, 0.3) is 49.3 Å². The van der Waals surface area contributed by atoms with Gasteiger partial charge in [-0.2, -0.15) is 0 Å². The first-order valence-corrected chi connectivity index (χ1v) is 12.5. The lowest BCUT2D eigenvalue weighted by atomic mass is 9.81. The number of rotatable bonds is 3. The van der Waals surface area contributed by atoms with Crippen LogP contribution in [0.1, 0.15) is 32.5 Å². The minimum atomic E-state index is -0.772. The molecule has 4 nitrogen and oxygen atoms in total. The Labute approximate surface area is 210 Å². The van der Waals surface area contributed by atoms with E-state index in [9.17, 15) is 9.90 Å². The number of carbonyl (C=O) groups excluding carboxylic acids is 1. The van der Waals surface area contributed by atoms with E-state index in [1.165, 1.54) is 0 Å². The molecule has 0 aliphatic rings. The number of nitrogens with zero attached hydrogens (tertiary/aromatic N) is 2. The van der Waals surface area contributed by atoms with Gasteiger partial charge in [-0.05, 0) is 35.7 Å². The molecule has 4 heteroatoms. The van der Waals surface area contributed by atoms with Gasteiger partial charge in [-0.25, -0.2) is 0 Å². The molecule has 1 N–H and O–H groups in total. The predicted octanol–water partition coefficient (Wildman–Crippen LogP) is 7.57. The first-order chi connectivity index (χ1) is 17.3. The van der Waals surface area contributed by atoms with E-state index in [0.717, 1.165) is 49.3 Å². The minimum absolute atomic E-state index is 0.0901. The van der Waals surface area contributed by atoms with Crippen molar-refractivity contribution in [1.29, 1.82) is 0 Å². The topological polar surface area (TPSA) is 47.2 Å². The molecule has 180 valence electrons. The zero-order valence-electron chi connectivity index (χ0n) is 21.1. The lowest BCUT2D eigenvalue weighted by Gasteiger charge is -2.30. The maximum Gasteiger partial charge on any atom is 0.237 e. The lowest BCUT2D eigenvalue weighted by molar-refractivity contribution is 0.0157. The molecule has 0 radical (unpaired) electrons. The third kappa shape index (κ3) is 3.21. The van der Waals surface area contributed by atoms with Gasteiger partial charge in [-0.15, -0.1) is 0 Å². The molecule has 0 spiro atoms. The molecule has 0 fully saturated rings. The maximum absolute atomic E-state index is 14.2. The highest BCUT2D eigenvalue weighted by atomic mass is 16.3. The van der Waals surface area contributed by atoms with Gasteiger partial charge in [-0.1, -0.05) is 88.4 Å². The van der Waals surface area contributed by atoms with E-state index < -0.39 is 17.4 Å². The third-order valence-corrected chi connectivity index (χ3v) is 7.46. The number of benzene rings is 4. The fourth-order valence-electron chi connectivity index (χ4n) is 5.68. The molecule has 2 heterocycles. The van der Waals surface area contributed by atoms with E-state index in [2.05, 4.69) is 59.2 Å². The quantitative estimate of drug-likeness (QED) is 0.287. The Bertz CT molecular complexity index is 1770. The predicted molar refractivity (Wildman–Crippen MR) is 149 cm³/mol. The molecule has 0 amide bonds. The number of hydrogen-bond donors (Lipinski definition) is 1. The summed E-state index contributed by atoms with van der Waals surface area (Å²) in [6.45, 7) is 7.75. The van der Waals surface area contributed by atoms with Crippen LogP contribution in [0.15, 0.2) is 91.0 Å². The number of para-hydroxylation sites is 3. The first kappa shape index (κ1) is 22.6. The SMILES string of the molecule is CC(C(=O)n1c2ccccc2c2ccc3c(c4ccccc4n3-c3ccccc3)c21)C(O)C(C)(C)C. The monoisotopic (exact) mass is 474 g/mol. The van der Waals surface area contributed by atoms with E-state index in [1.807, 2.05) is 68.7 Å². The molecule has 0 saturated heterocycles. The largest absolute Gasteiger partial charge is 0.392 e. The molecule has 2 atom stereocenters. The van der Waals surface area contributed by atoms with Gasteiger partial charge < -0.3 is 9.67 Å². The summed E-state index contributed by atoms with van der Waals surface area (Å²) in [5.74, 6) is -0.658. The number of carbonyl (C=O) groups is 1. The number of aliphatic hydroxyl groups is 1. The average Bonchev–Trinajstić information content (AvgIpc) is 3.40. The highest BCUT2D eigenvalue weighted by Crippen LogP contribution is 2.41. The second kappa shape index (κ2) is 8.07. The van der Waals surface area contributed by atoms with Crippen molar-refractivity contribution in [2.45, 2.75) is 33.8 Å². The molecule has 2 unspecified atom stereocenters. The molecular weight excluding hydrogens is 444 g/mol. The second-order valence-electron chi connectivity index (χ2n) is 10.8. The van der Waals surface area contributed by atoms with Gasteiger partial charge in [-0.3, -0.25) is 9.36 Å². The molecule has 6 aromatic rings. The molecule has 0 bridgehead atoms. The molecule has 4 aromatic carbocycles. The van der Waals surface area contributed by atoms with Gasteiger partial charge in [0.15, 0.2) is 0 Å². The lowest BCUT2D eigenvalue weighted by Crippen LogP contribution is -2.38. The van der Waals surface area contributed by atoms with E-state index >= 15 is 0 Å². The zero-order valence-corrected chi connectivity index (χ0v) is 21.1. The average molecular weight is 475 g/mol. The standard InChI is InChI=1S/C32H30N2O2/c1-20(30(35)32(2,3)4)31(36)34-25-16-10-8-14-22(25)23-18-19-27-28(29(23)34)24-15-9-11-17-26(24)33(27)21-12-6-5-7-13-21/h5-20,30,35H,1-4H3.